The first kappa shape index (κ1) is 8.93. The van der Waals surface area contributed by atoms with E-state index in [1.807, 2.05) is 24.3 Å². The highest BCUT2D eigenvalue weighted by molar-refractivity contribution is 6.32. The van der Waals surface area contributed by atoms with Crippen LogP contribution in [-0.4, -0.2) is 0 Å². The highest BCUT2D eigenvalue weighted by Crippen LogP contribution is 2.26. The summed E-state index contributed by atoms with van der Waals surface area (Å²) in [5.74, 6) is 2.58. The van der Waals surface area contributed by atoms with Crippen molar-refractivity contribution in [2.45, 2.75) is 0 Å². The summed E-state index contributed by atoms with van der Waals surface area (Å²) < 4.78 is 0. The second-order valence-corrected chi connectivity index (χ2v) is 3.45. The molecule has 1 nitrogen and oxygen atoms in total. The van der Waals surface area contributed by atoms with Crippen molar-refractivity contribution in [2.75, 3.05) is 5.73 Å². The largest absolute Gasteiger partial charge is 0.399 e. The van der Waals surface area contributed by atoms with Crippen LogP contribution in [0.25, 0.3) is 10.8 Å². The molecule has 0 unspecified atom stereocenters. The van der Waals surface area contributed by atoms with Crippen LogP contribution in [0.1, 0.15) is 5.56 Å². The quantitative estimate of drug-likeness (QED) is 0.515. The third kappa shape index (κ3) is 1.30. The van der Waals surface area contributed by atoms with Crippen molar-refractivity contribution in [1.29, 1.82) is 0 Å². The average molecular weight is 202 g/mol. The molecule has 0 amide bonds. The monoisotopic (exact) mass is 201 g/mol. The van der Waals surface area contributed by atoms with Crippen molar-refractivity contribution < 1.29 is 0 Å². The lowest BCUT2D eigenvalue weighted by Gasteiger charge is -2.03. The average Bonchev–Trinajstić information content (AvgIpc) is 2.18. The molecule has 2 aromatic rings. The first-order valence-electron chi connectivity index (χ1n) is 4.17. The number of nitrogen functional groups attached to an aromatic ring is 1. The van der Waals surface area contributed by atoms with Crippen molar-refractivity contribution in [3.63, 3.8) is 0 Å². The van der Waals surface area contributed by atoms with E-state index in [1.54, 1.807) is 6.07 Å². The molecule has 0 saturated heterocycles. The summed E-state index contributed by atoms with van der Waals surface area (Å²) in [6.45, 7) is 0. The van der Waals surface area contributed by atoms with Gasteiger partial charge >= 0.3 is 0 Å². The van der Waals surface area contributed by atoms with E-state index in [-0.39, 0.29) is 0 Å². The Bertz CT molecular complexity index is 538. The third-order valence-corrected chi connectivity index (χ3v) is 2.45. The van der Waals surface area contributed by atoms with Gasteiger partial charge in [-0.1, -0.05) is 29.7 Å². The van der Waals surface area contributed by atoms with Crippen LogP contribution in [0.5, 0.6) is 0 Å². The van der Waals surface area contributed by atoms with E-state index in [1.165, 1.54) is 0 Å². The van der Waals surface area contributed by atoms with Crippen LogP contribution in [0, 0.1) is 12.3 Å². The molecule has 0 saturated carbocycles. The molecule has 68 valence electrons. The number of terminal acetylenes is 1. The summed E-state index contributed by atoms with van der Waals surface area (Å²) in [4.78, 5) is 0. The SMILES string of the molecule is C#Cc1c(Cl)ccc2cc(N)ccc12. The number of benzene rings is 2. The second kappa shape index (κ2) is 3.25. The van der Waals surface area contributed by atoms with Crippen LogP contribution in [0.15, 0.2) is 30.3 Å². The molecule has 0 aliphatic rings. The minimum Gasteiger partial charge on any atom is -0.399 e. The van der Waals surface area contributed by atoms with E-state index in [4.69, 9.17) is 23.8 Å². The van der Waals surface area contributed by atoms with Gasteiger partial charge in [0, 0.05) is 5.69 Å². The Morgan fingerprint density at radius 3 is 2.71 bits per heavy atom. The predicted octanol–water partition coefficient (Wildman–Crippen LogP) is 3.06. The van der Waals surface area contributed by atoms with Crippen LogP contribution >= 0.6 is 11.6 Å². The minimum atomic E-state index is 0.602. The molecule has 0 bridgehead atoms. The Morgan fingerprint density at radius 1 is 1.21 bits per heavy atom. The molecule has 0 aliphatic carbocycles. The molecule has 0 aliphatic heterocycles. The van der Waals surface area contributed by atoms with Gasteiger partial charge in [0.1, 0.15) is 0 Å². The lowest BCUT2D eigenvalue weighted by molar-refractivity contribution is 1.69. The molecule has 14 heavy (non-hydrogen) atoms. The third-order valence-electron chi connectivity index (χ3n) is 2.14. The van der Waals surface area contributed by atoms with Gasteiger partial charge in [-0.2, -0.15) is 0 Å². The summed E-state index contributed by atoms with van der Waals surface area (Å²) in [5.41, 5.74) is 7.12. The zero-order valence-electron chi connectivity index (χ0n) is 7.42. The van der Waals surface area contributed by atoms with Crippen LogP contribution < -0.4 is 5.73 Å². The summed E-state index contributed by atoms with van der Waals surface area (Å²) in [6.07, 6.45) is 5.39. The first-order chi connectivity index (χ1) is 6.72. The van der Waals surface area contributed by atoms with Crippen molar-refractivity contribution in [3.8, 4) is 12.3 Å². The molecule has 2 N–H and O–H groups in total. The van der Waals surface area contributed by atoms with Crippen LogP contribution in [-0.2, 0) is 0 Å². The molecule has 2 aromatic carbocycles. The molecule has 0 spiro atoms. The van der Waals surface area contributed by atoms with Crippen LogP contribution in [0.3, 0.4) is 0 Å². The lowest BCUT2D eigenvalue weighted by atomic mass is 10.0. The first-order valence-corrected chi connectivity index (χ1v) is 4.54. The number of rotatable bonds is 0. The summed E-state index contributed by atoms with van der Waals surface area (Å²) in [5, 5.41) is 2.58. The number of halogens is 1. The smallest absolute Gasteiger partial charge is 0.0568 e. The molecule has 0 heterocycles. The molecule has 2 rings (SSSR count). The van der Waals surface area contributed by atoms with Gasteiger partial charge in [-0.05, 0) is 29.0 Å². The van der Waals surface area contributed by atoms with E-state index < -0.39 is 0 Å². The van der Waals surface area contributed by atoms with Crippen molar-refractivity contribution in [1.82, 2.24) is 0 Å². The standard InChI is InChI=1S/C12H8ClN/c1-2-10-11-5-4-9(14)7-8(11)3-6-12(10)13/h1,3-7H,14H2. The fourth-order valence-corrected chi connectivity index (χ4v) is 1.69. The molecule has 0 atom stereocenters. The maximum atomic E-state index is 5.97. The Balaban J connectivity index is 2.90. The summed E-state index contributed by atoms with van der Waals surface area (Å²) in [7, 11) is 0. The van der Waals surface area contributed by atoms with Gasteiger partial charge < -0.3 is 5.73 Å². The highest BCUT2D eigenvalue weighted by atomic mass is 35.5. The number of anilines is 1. The fraction of sp³-hybridized carbons (Fsp3) is 0. The normalized spacial score (nSPS) is 10.0. The Kier molecular flexibility index (Phi) is 2.07. The lowest BCUT2D eigenvalue weighted by Crippen LogP contribution is -1.86. The second-order valence-electron chi connectivity index (χ2n) is 3.05. The zero-order chi connectivity index (χ0) is 10.1. The summed E-state index contributed by atoms with van der Waals surface area (Å²) in [6, 6.07) is 9.30. The van der Waals surface area contributed by atoms with Gasteiger partial charge in [0.05, 0.1) is 10.6 Å². The molecule has 0 aromatic heterocycles. The van der Waals surface area contributed by atoms with Gasteiger partial charge in [-0.15, -0.1) is 6.42 Å². The number of hydrogen-bond donors (Lipinski definition) is 1. The topological polar surface area (TPSA) is 26.0 Å². The van der Waals surface area contributed by atoms with Gasteiger partial charge in [0.2, 0.25) is 0 Å². The maximum Gasteiger partial charge on any atom is 0.0568 e. The van der Waals surface area contributed by atoms with E-state index in [2.05, 4.69) is 5.92 Å². The summed E-state index contributed by atoms with van der Waals surface area (Å²) >= 11 is 5.97. The van der Waals surface area contributed by atoms with E-state index >= 15 is 0 Å². The van der Waals surface area contributed by atoms with Gasteiger partial charge in [0.15, 0.2) is 0 Å². The highest BCUT2D eigenvalue weighted by Gasteiger charge is 2.03. The number of hydrogen-bond acceptors (Lipinski definition) is 1. The minimum absolute atomic E-state index is 0.602. The van der Waals surface area contributed by atoms with E-state index in [9.17, 15) is 0 Å². The molecule has 2 heteroatoms. The number of fused-ring (bicyclic) bond motifs is 1. The van der Waals surface area contributed by atoms with Gasteiger partial charge in [-0.25, -0.2) is 0 Å². The fourth-order valence-electron chi connectivity index (χ4n) is 1.47. The zero-order valence-corrected chi connectivity index (χ0v) is 8.18. The Hall–Kier alpha value is -1.65. The predicted molar refractivity (Wildman–Crippen MR) is 61.3 cm³/mol. The molecule has 0 radical (unpaired) electrons. The van der Waals surface area contributed by atoms with Gasteiger partial charge in [0.25, 0.3) is 0 Å². The molecular formula is C12H8ClN. The van der Waals surface area contributed by atoms with Gasteiger partial charge in [-0.3, -0.25) is 0 Å². The van der Waals surface area contributed by atoms with Crippen molar-refractivity contribution in [3.05, 3.63) is 40.9 Å². The van der Waals surface area contributed by atoms with E-state index in [0.717, 1.165) is 22.0 Å². The van der Waals surface area contributed by atoms with Crippen molar-refractivity contribution in [2.24, 2.45) is 0 Å². The molecule has 0 fully saturated rings. The van der Waals surface area contributed by atoms with Crippen LogP contribution in [0.4, 0.5) is 5.69 Å². The Labute approximate surface area is 87.5 Å². The van der Waals surface area contributed by atoms with Crippen LogP contribution in [0.2, 0.25) is 5.02 Å². The van der Waals surface area contributed by atoms with Crippen molar-refractivity contribution >= 4 is 28.1 Å². The Morgan fingerprint density at radius 2 is 2.00 bits per heavy atom. The molecular weight excluding hydrogens is 194 g/mol. The maximum absolute atomic E-state index is 5.97. The number of nitrogens with two attached hydrogens (primary N) is 1. The van der Waals surface area contributed by atoms with E-state index in [0.29, 0.717) is 5.02 Å².